The van der Waals surface area contributed by atoms with Crippen LogP contribution in [0.15, 0.2) is 78.5 Å². The van der Waals surface area contributed by atoms with E-state index >= 15 is 0 Å². The third kappa shape index (κ3) is 5.72. The lowest BCUT2D eigenvalue weighted by atomic mass is 9.97. The van der Waals surface area contributed by atoms with Crippen LogP contribution in [0.2, 0.25) is 0 Å². The Balaban J connectivity index is 1.29. The van der Waals surface area contributed by atoms with Gasteiger partial charge in [0.15, 0.2) is 0 Å². The molecule has 3 aromatic rings. The molecule has 8 heteroatoms. The first kappa shape index (κ1) is 22.0. The van der Waals surface area contributed by atoms with Crippen LogP contribution in [0.25, 0.3) is 6.08 Å². The molecule has 0 spiro atoms. The third-order valence-electron chi connectivity index (χ3n) is 5.50. The zero-order chi connectivity index (χ0) is 22.4. The van der Waals surface area contributed by atoms with Gasteiger partial charge in [-0.25, -0.2) is 8.42 Å². The fourth-order valence-electron chi connectivity index (χ4n) is 3.72. The van der Waals surface area contributed by atoms with Crippen molar-refractivity contribution in [1.29, 1.82) is 0 Å². The van der Waals surface area contributed by atoms with Crippen molar-refractivity contribution in [2.75, 3.05) is 18.4 Å². The largest absolute Gasteiger partial charge is 0.323 e. The molecule has 4 rings (SSSR count). The second kappa shape index (κ2) is 9.93. The van der Waals surface area contributed by atoms with Crippen LogP contribution < -0.4 is 5.32 Å². The molecule has 0 aliphatic carbocycles. The highest BCUT2D eigenvalue weighted by molar-refractivity contribution is 7.92. The Kier molecular flexibility index (Phi) is 6.82. The van der Waals surface area contributed by atoms with Gasteiger partial charge in [-0.15, -0.1) is 0 Å². The van der Waals surface area contributed by atoms with Gasteiger partial charge in [0.1, 0.15) is 0 Å². The van der Waals surface area contributed by atoms with Gasteiger partial charge in [0.05, 0.1) is 18.4 Å². The molecule has 0 saturated carbocycles. The van der Waals surface area contributed by atoms with Crippen LogP contribution in [-0.4, -0.2) is 41.5 Å². The standard InChI is InChI=1S/C24H26N4O3S/c29-24(26-23-17-25-27(19-23)18-21-9-5-2-6-10-21)22-11-14-28(15-12-22)32(30,31)16-13-20-7-3-1-4-8-20/h1-10,13,16-17,19,22H,11-12,14-15,18H2,(H,26,29). The fourth-order valence-corrected chi connectivity index (χ4v) is 4.94. The first-order valence-corrected chi connectivity index (χ1v) is 12.1. The van der Waals surface area contributed by atoms with E-state index in [9.17, 15) is 13.2 Å². The van der Waals surface area contributed by atoms with E-state index in [4.69, 9.17) is 0 Å². The molecule has 0 atom stereocenters. The minimum Gasteiger partial charge on any atom is -0.323 e. The van der Waals surface area contributed by atoms with Crippen LogP contribution in [-0.2, 0) is 21.4 Å². The van der Waals surface area contributed by atoms with Crippen molar-refractivity contribution in [3.63, 3.8) is 0 Å². The molecule has 1 fully saturated rings. The van der Waals surface area contributed by atoms with E-state index in [1.807, 2.05) is 60.7 Å². The number of carbonyl (C=O) groups excluding carboxylic acids is 1. The molecule has 2 aromatic carbocycles. The number of hydrogen-bond acceptors (Lipinski definition) is 4. The summed E-state index contributed by atoms with van der Waals surface area (Å²) in [5, 5.41) is 8.46. The van der Waals surface area contributed by atoms with Gasteiger partial charge in [0.25, 0.3) is 0 Å². The number of rotatable bonds is 7. The maximum absolute atomic E-state index is 12.7. The number of nitrogens with zero attached hydrogens (tertiary/aromatic N) is 3. The molecule has 166 valence electrons. The Labute approximate surface area is 188 Å². The Morgan fingerprint density at radius 2 is 1.69 bits per heavy atom. The summed E-state index contributed by atoms with van der Waals surface area (Å²) in [5.41, 5.74) is 2.60. The van der Waals surface area contributed by atoms with Crippen molar-refractivity contribution in [2.45, 2.75) is 19.4 Å². The normalized spacial score (nSPS) is 15.8. The molecule has 0 bridgehead atoms. The number of benzene rings is 2. The van der Waals surface area contributed by atoms with E-state index in [-0.39, 0.29) is 11.8 Å². The summed E-state index contributed by atoms with van der Waals surface area (Å²) in [6.07, 6.45) is 6.01. The first-order chi connectivity index (χ1) is 15.5. The summed E-state index contributed by atoms with van der Waals surface area (Å²) in [4.78, 5) is 12.7. The summed E-state index contributed by atoms with van der Waals surface area (Å²) in [5.74, 6) is -0.321. The summed E-state index contributed by atoms with van der Waals surface area (Å²) in [6.45, 7) is 1.28. The lowest BCUT2D eigenvalue weighted by molar-refractivity contribution is -0.120. The second-order valence-electron chi connectivity index (χ2n) is 7.83. The smallest absolute Gasteiger partial charge is 0.236 e. The van der Waals surface area contributed by atoms with Crippen LogP contribution in [0, 0.1) is 5.92 Å². The molecular weight excluding hydrogens is 424 g/mol. The fraction of sp³-hybridized carbons (Fsp3) is 0.250. The van der Waals surface area contributed by atoms with E-state index in [1.165, 1.54) is 9.71 Å². The molecule has 2 heterocycles. The van der Waals surface area contributed by atoms with Crippen LogP contribution in [0.5, 0.6) is 0 Å². The predicted octanol–water partition coefficient (Wildman–Crippen LogP) is 3.58. The molecule has 1 aliphatic rings. The van der Waals surface area contributed by atoms with E-state index in [0.717, 1.165) is 11.1 Å². The predicted molar refractivity (Wildman–Crippen MR) is 125 cm³/mol. The van der Waals surface area contributed by atoms with Crippen molar-refractivity contribution >= 4 is 27.7 Å². The van der Waals surface area contributed by atoms with Gasteiger partial charge >= 0.3 is 0 Å². The van der Waals surface area contributed by atoms with Crippen LogP contribution in [0.4, 0.5) is 5.69 Å². The van der Waals surface area contributed by atoms with Crippen molar-refractivity contribution in [2.24, 2.45) is 5.92 Å². The number of hydrogen-bond donors (Lipinski definition) is 1. The van der Waals surface area contributed by atoms with Crippen molar-refractivity contribution in [1.82, 2.24) is 14.1 Å². The molecular formula is C24H26N4O3S. The molecule has 32 heavy (non-hydrogen) atoms. The highest BCUT2D eigenvalue weighted by atomic mass is 32.2. The maximum atomic E-state index is 12.7. The molecule has 7 nitrogen and oxygen atoms in total. The minimum atomic E-state index is -3.51. The van der Waals surface area contributed by atoms with Crippen LogP contribution >= 0.6 is 0 Å². The lowest BCUT2D eigenvalue weighted by Gasteiger charge is -2.29. The molecule has 1 amide bonds. The zero-order valence-corrected chi connectivity index (χ0v) is 18.5. The van der Waals surface area contributed by atoms with E-state index in [2.05, 4.69) is 10.4 Å². The number of piperidine rings is 1. The molecule has 1 aromatic heterocycles. The summed E-state index contributed by atoms with van der Waals surface area (Å²) >= 11 is 0. The summed E-state index contributed by atoms with van der Waals surface area (Å²) in [7, 11) is -3.51. The molecule has 0 radical (unpaired) electrons. The van der Waals surface area contributed by atoms with Gasteiger partial charge in [0.2, 0.25) is 15.9 Å². The summed E-state index contributed by atoms with van der Waals surface area (Å²) in [6, 6.07) is 19.3. The minimum absolute atomic E-state index is 0.0962. The topological polar surface area (TPSA) is 84.3 Å². The van der Waals surface area contributed by atoms with E-state index in [1.54, 1.807) is 23.2 Å². The number of nitrogens with one attached hydrogen (secondary N) is 1. The van der Waals surface area contributed by atoms with Crippen molar-refractivity contribution in [3.8, 4) is 0 Å². The Morgan fingerprint density at radius 1 is 1.03 bits per heavy atom. The Morgan fingerprint density at radius 3 is 2.38 bits per heavy atom. The monoisotopic (exact) mass is 450 g/mol. The quantitative estimate of drug-likeness (QED) is 0.596. The summed E-state index contributed by atoms with van der Waals surface area (Å²) < 4.78 is 28.4. The van der Waals surface area contributed by atoms with Gasteiger partial charge in [-0.05, 0) is 30.0 Å². The van der Waals surface area contributed by atoms with Crippen molar-refractivity contribution in [3.05, 3.63) is 89.6 Å². The SMILES string of the molecule is O=C(Nc1cnn(Cc2ccccc2)c1)C1CCN(S(=O)(=O)C=Cc2ccccc2)CC1. The highest BCUT2D eigenvalue weighted by Crippen LogP contribution is 2.22. The number of anilines is 1. The van der Waals surface area contributed by atoms with Crippen LogP contribution in [0.3, 0.4) is 0 Å². The number of carbonyl (C=O) groups is 1. The Hall–Kier alpha value is -3.23. The number of aromatic nitrogens is 2. The van der Waals surface area contributed by atoms with Gasteiger partial charge in [0, 0.05) is 30.6 Å². The maximum Gasteiger partial charge on any atom is 0.236 e. The van der Waals surface area contributed by atoms with E-state index in [0.29, 0.717) is 38.2 Å². The number of sulfonamides is 1. The van der Waals surface area contributed by atoms with E-state index < -0.39 is 10.0 Å². The van der Waals surface area contributed by atoms with Gasteiger partial charge in [-0.1, -0.05) is 60.7 Å². The lowest BCUT2D eigenvalue weighted by Crippen LogP contribution is -2.40. The average molecular weight is 451 g/mol. The molecule has 1 N–H and O–H groups in total. The molecule has 0 unspecified atom stereocenters. The highest BCUT2D eigenvalue weighted by Gasteiger charge is 2.30. The van der Waals surface area contributed by atoms with Gasteiger partial charge in [-0.2, -0.15) is 9.40 Å². The third-order valence-corrected chi connectivity index (χ3v) is 7.07. The van der Waals surface area contributed by atoms with Crippen molar-refractivity contribution < 1.29 is 13.2 Å². The second-order valence-corrected chi connectivity index (χ2v) is 9.65. The molecule has 1 aliphatic heterocycles. The van der Waals surface area contributed by atoms with Gasteiger partial charge in [-0.3, -0.25) is 9.48 Å². The number of amides is 1. The van der Waals surface area contributed by atoms with Gasteiger partial charge < -0.3 is 5.32 Å². The molecule has 1 saturated heterocycles. The average Bonchev–Trinajstić information content (AvgIpc) is 3.26. The van der Waals surface area contributed by atoms with Crippen LogP contribution in [0.1, 0.15) is 24.0 Å². The zero-order valence-electron chi connectivity index (χ0n) is 17.7. The Bertz CT molecular complexity index is 1170. The first-order valence-electron chi connectivity index (χ1n) is 10.6.